The van der Waals surface area contributed by atoms with Crippen LogP contribution < -0.4 is 10.6 Å². The predicted molar refractivity (Wildman–Crippen MR) is 78.9 cm³/mol. The van der Waals surface area contributed by atoms with Gasteiger partial charge in [-0.3, -0.25) is 4.68 Å². The minimum Gasteiger partial charge on any atom is -0.480 e. The maximum atomic E-state index is 11.9. The molecule has 118 valence electrons. The van der Waals surface area contributed by atoms with Crippen LogP contribution in [-0.4, -0.2) is 32.4 Å². The quantitative estimate of drug-likeness (QED) is 0.709. The standard InChI is InChI=1S/C14H24N4O3/c1-5-11-10(9-18(4)17-11)8-15-13(21)16-14(6-2,7-3)12(19)20/h9H,5-8H2,1-4H3,(H,19,20)(H2,15,16,21). The molecule has 2 amide bonds. The number of hydrogen-bond acceptors (Lipinski definition) is 3. The Morgan fingerprint density at radius 2 is 1.95 bits per heavy atom. The molecule has 0 unspecified atom stereocenters. The zero-order chi connectivity index (χ0) is 16.0. The van der Waals surface area contributed by atoms with Crippen LogP contribution in [-0.2, 0) is 24.8 Å². The van der Waals surface area contributed by atoms with Gasteiger partial charge in [0.2, 0.25) is 0 Å². The molecule has 0 saturated heterocycles. The number of carboxylic acid groups (broad SMARTS) is 1. The molecule has 0 atom stereocenters. The number of aromatic nitrogens is 2. The molecular formula is C14H24N4O3. The van der Waals surface area contributed by atoms with Gasteiger partial charge < -0.3 is 15.7 Å². The van der Waals surface area contributed by atoms with Crippen molar-refractivity contribution in [3.8, 4) is 0 Å². The Bertz CT molecular complexity index is 506. The van der Waals surface area contributed by atoms with Crippen LogP contribution in [0.2, 0.25) is 0 Å². The van der Waals surface area contributed by atoms with E-state index in [0.717, 1.165) is 17.7 Å². The van der Waals surface area contributed by atoms with Crippen molar-refractivity contribution in [1.29, 1.82) is 0 Å². The van der Waals surface area contributed by atoms with Gasteiger partial charge in [-0.2, -0.15) is 5.10 Å². The third kappa shape index (κ3) is 3.96. The van der Waals surface area contributed by atoms with E-state index in [4.69, 9.17) is 0 Å². The highest BCUT2D eigenvalue weighted by Gasteiger charge is 2.36. The lowest BCUT2D eigenvalue weighted by Crippen LogP contribution is -2.56. The molecule has 0 aliphatic heterocycles. The van der Waals surface area contributed by atoms with Gasteiger partial charge in [0, 0.05) is 25.4 Å². The molecule has 0 aliphatic carbocycles. The Morgan fingerprint density at radius 3 is 2.43 bits per heavy atom. The SMILES string of the molecule is CCc1nn(C)cc1CNC(=O)NC(CC)(CC)C(=O)O. The molecule has 7 nitrogen and oxygen atoms in total. The van der Waals surface area contributed by atoms with Gasteiger partial charge in [0.05, 0.1) is 5.69 Å². The number of amides is 2. The van der Waals surface area contributed by atoms with Gasteiger partial charge in [-0.05, 0) is 19.3 Å². The van der Waals surface area contributed by atoms with Crippen LogP contribution in [0.15, 0.2) is 6.20 Å². The van der Waals surface area contributed by atoms with E-state index in [1.165, 1.54) is 0 Å². The second-order valence-corrected chi connectivity index (χ2v) is 5.03. The lowest BCUT2D eigenvalue weighted by atomic mass is 9.93. The number of nitrogens with zero attached hydrogens (tertiary/aromatic N) is 2. The van der Waals surface area contributed by atoms with E-state index >= 15 is 0 Å². The largest absolute Gasteiger partial charge is 0.480 e. The molecule has 1 rings (SSSR count). The summed E-state index contributed by atoms with van der Waals surface area (Å²) in [5.74, 6) is -1.02. The molecule has 0 aliphatic rings. The first-order valence-corrected chi connectivity index (χ1v) is 7.19. The van der Waals surface area contributed by atoms with E-state index in [2.05, 4.69) is 15.7 Å². The van der Waals surface area contributed by atoms with Gasteiger partial charge in [-0.1, -0.05) is 20.8 Å². The lowest BCUT2D eigenvalue weighted by molar-refractivity contribution is -0.144. The second-order valence-electron chi connectivity index (χ2n) is 5.03. The van der Waals surface area contributed by atoms with E-state index in [1.54, 1.807) is 18.5 Å². The van der Waals surface area contributed by atoms with E-state index in [-0.39, 0.29) is 0 Å². The summed E-state index contributed by atoms with van der Waals surface area (Å²) in [6, 6.07) is -0.480. The minimum atomic E-state index is -1.22. The van der Waals surface area contributed by atoms with Gasteiger partial charge in [-0.25, -0.2) is 9.59 Å². The molecule has 0 bridgehead atoms. The van der Waals surface area contributed by atoms with Gasteiger partial charge in [0.1, 0.15) is 5.54 Å². The summed E-state index contributed by atoms with van der Waals surface area (Å²) in [7, 11) is 1.83. The van der Waals surface area contributed by atoms with Gasteiger partial charge in [-0.15, -0.1) is 0 Å². The number of carboxylic acids is 1. The molecule has 1 aromatic heterocycles. The second kappa shape index (κ2) is 7.10. The van der Waals surface area contributed by atoms with E-state index in [1.807, 2.05) is 20.2 Å². The topological polar surface area (TPSA) is 96.3 Å². The molecule has 0 aromatic carbocycles. The first kappa shape index (κ1) is 17.0. The lowest BCUT2D eigenvalue weighted by Gasteiger charge is -2.28. The fourth-order valence-corrected chi connectivity index (χ4v) is 2.25. The van der Waals surface area contributed by atoms with Crippen LogP contribution in [0.3, 0.4) is 0 Å². The third-order valence-corrected chi connectivity index (χ3v) is 3.74. The number of aliphatic carboxylic acids is 1. The van der Waals surface area contributed by atoms with Gasteiger partial charge in [0.15, 0.2) is 0 Å². The van der Waals surface area contributed by atoms with Crippen molar-refractivity contribution in [2.45, 2.75) is 52.1 Å². The van der Waals surface area contributed by atoms with E-state index < -0.39 is 17.5 Å². The van der Waals surface area contributed by atoms with E-state index in [9.17, 15) is 14.7 Å². The molecular weight excluding hydrogens is 272 g/mol. The Kier molecular flexibility index (Phi) is 5.75. The van der Waals surface area contributed by atoms with E-state index in [0.29, 0.717) is 19.4 Å². The molecule has 1 aromatic rings. The number of urea groups is 1. The first-order chi connectivity index (χ1) is 9.88. The average Bonchev–Trinajstić information content (AvgIpc) is 2.82. The maximum absolute atomic E-state index is 11.9. The predicted octanol–water partition coefficient (Wildman–Crippen LogP) is 1.43. The van der Waals surface area contributed by atoms with Crippen molar-refractivity contribution in [3.05, 3.63) is 17.5 Å². The smallest absolute Gasteiger partial charge is 0.329 e. The summed E-state index contributed by atoms with van der Waals surface area (Å²) in [6.07, 6.45) is 3.30. The molecule has 1 heterocycles. The van der Waals surface area contributed by atoms with Crippen LogP contribution in [0, 0.1) is 0 Å². The van der Waals surface area contributed by atoms with Crippen LogP contribution >= 0.6 is 0 Å². The average molecular weight is 296 g/mol. The molecule has 7 heteroatoms. The summed E-state index contributed by atoms with van der Waals surface area (Å²) in [6.45, 7) is 5.81. The Hall–Kier alpha value is -2.05. The first-order valence-electron chi connectivity index (χ1n) is 7.19. The van der Waals surface area contributed by atoms with Crippen molar-refractivity contribution in [2.75, 3.05) is 0 Å². The Morgan fingerprint density at radius 1 is 1.33 bits per heavy atom. The number of aryl methyl sites for hydroxylation is 2. The summed E-state index contributed by atoms with van der Waals surface area (Å²) in [4.78, 5) is 23.3. The number of hydrogen-bond donors (Lipinski definition) is 3. The molecule has 0 saturated carbocycles. The van der Waals surface area contributed by atoms with Gasteiger partial charge in [0.25, 0.3) is 0 Å². The van der Waals surface area contributed by atoms with Crippen molar-refractivity contribution < 1.29 is 14.7 Å². The highest BCUT2D eigenvalue weighted by Crippen LogP contribution is 2.15. The number of rotatable bonds is 7. The van der Waals surface area contributed by atoms with Crippen molar-refractivity contribution in [1.82, 2.24) is 20.4 Å². The fraction of sp³-hybridized carbons (Fsp3) is 0.643. The summed E-state index contributed by atoms with van der Waals surface area (Å²) < 4.78 is 1.70. The van der Waals surface area contributed by atoms with Crippen molar-refractivity contribution >= 4 is 12.0 Å². The van der Waals surface area contributed by atoms with Gasteiger partial charge >= 0.3 is 12.0 Å². The zero-order valence-electron chi connectivity index (χ0n) is 13.1. The van der Waals surface area contributed by atoms with Crippen LogP contribution in [0.5, 0.6) is 0 Å². The van der Waals surface area contributed by atoms with Crippen molar-refractivity contribution in [3.63, 3.8) is 0 Å². The normalized spacial score (nSPS) is 11.2. The monoisotopic (exact) mass is 296 g/mol. The summed E-state index contributed by atoms with van der Waals surface area (Å²) in [5.41, 5.74) is 0.643. The number of carbonyl (C=O) groups excluding carboxylic acids is 1. The molecule has 0 radical (unpaired) electrons. The highest BCUT2D eigenvalue weighted by atomic mass is 16.4. The zero-order valence-corrected chi connectivity index (χ0v) is 13.1. The fourth-order valence-electron chi connectivity index (χ4n) is 2.25. The number of nitrogens with one attached hydrogen (secondary N) is 2. The van der Waals surface area contributed by atoms with Crippen LogP contribution in [0.25, 0.3) is 0 Å². The summed E-state index contributed by atoms with van der Waals surface area (Å²) >= 11 is 0. The Balaban J connectivity index is 2.67. The van der Waals surface area contributed by atoms with Crippen LogP contribution in [0.4, 0.5) is 4.79 Å². The number of carbonyl (C=O) groups is 2. The Labute approximate surface area is 124 Å². The molecule has 21 heavy (non-hydrogen) atoms. The summed E-state index contributed by atoms with van der Waals surface area (Å²) in [5, 5.41) is 18.8. The molecule has 0 spiro atoms. The highest BCUT2D eigenvalue weighted by molar-refractivity contribution is 5.86. The van der Waals surface area contributed by atoms with Crippen LogP contribution in [0.1, 0.15) is 44.9 Å². The molecule has 3 N–H and O–H groups in total. The molecule has 0 fully saturated rings. The van der Waals surface area contributed by atoms with Crippen molar-refractivity contribution in [2.24, 2.45) is 7.05 Å². The third-order valence-electron chi connectivity index (χ3n) is 3.74. The minimum absolute atomic E-state index is 0.325. The maximum Gasteiger partial charge on any atom is 0.329 e.